The molecule has 0 aromatic heterocycles. The van der Waals surface area contributed by atoms with Crippen LogP contribution in [0.25, 0.3) is 0 Å². The van der Waals surface area contributed by atoms with Crippen molar-refractivity contribution in [3.63, 3.8) is 0 Å². The largest absolute Gasteiger partial charge is 0.465 e. The molecule has 1 fully saturated rings. The van der Waals surface area contributed by atoms with Crippen molar-refractivity contribution >= 4 is 6.09 Å². The molecule has 0 aliphatic heterocycles. The van der Waals surface area contributed by atoms with E-state index < -0.39 is 17.9 Å². The molecule has 13 heavy (non-hydrogen) atoms. The topological polar surface area (TPSA) is 69.6 Å². The Kier molecular flexibility index (Phi) is 3.08. The van der Waals surface area contributed by atoms with Crippen molar-refractivity contribution in [3.05, 3.63) is 0 Å². The summed E-state index contributed by atoms with van der Waals surface area (Å²) in [4.78, 5) is 10.1. The lowest BCUT2D eigenvalue weighted by Crippen LogP contribution is -2.42. The molecule has 1 aliphatic rings. The van der Waals surface area contributed by atoms with Crippen LogP contribution in [0.15, 0.2) is 0 Å². The summed E-state index contributed by atoms with van der Waals surface area (Å²) in [5, 5.41) is 19.4. The van der Waals surface area contributed by atoms with Gasteiger partial charge in [0.05, 0.1) is 12.6 Å². The van der Waals surface area contributed by atoms with E-state index in [2.05, 4.69) is 0 Å². The summed E-state index contributed by atoms with van der Waals surface area (Å²) in [7, 11) is 0. The Balaban J connectivity index is 2.34. The highest BCUT2D eigenvalue weighted by Crippen LogP contribution is 2.31. The second-order valence-corrected chi connectivity index (χ2v) is 3.54. The van der Waals surface area contributed by atoms with Gasteiger partial charge in [0.15, 0.2) is 0 Å². The Bertz CT molecular complexity index is 190. The second-order valence-electron chi connectivity index (χ2n) is 3.54. The van der Waals surface area contributed by atoms with E-state index in [1.54, 1.807) is 0 Å². The van der Waals surface area contributed by atoms with E-state index in [0.29, 0.717) is 12.8 Å². The van der Waals surface area contributed by atoms with Gasteiger partial charge in [0.1, 0.15) is 5.67 Å². The van der Waals surface area contributed by atoms with Crippen LogP contribution in [0, 0.1) is 0 Å². The fraction of sp³-hybridized carbons (Fsp3) is 0.875. The zero-order valence-electron chi connectivity index (χ0n) is 7.29. The molecule has 1 amide bonds. The lowest BCUT2D eigenvalue weighted by molar-refractivity contribution is 0.0340. The molecule has 1 saturated carbocycles. The van der Waals surface area contributed by atoms with Gasteiger partial charge in [-0.15, -0.1) is 0 Å². The van der Waals surface area contributed by atoms with Crippen LogP contribution in [0.4, 0.5) is 9.18 Å². The van der Waals surface area contributed by atoms with Crippen molar-refractivity contribution in [2.24, 2.45) is 0 Å². The summed E-state index contributed by atoms with van der Waals surface area (Å²) in [6.07, 6.45) is -0.338. The molecule has 1 rings (SSSR count). The summed E-state index contributed by atoms with van der Waals surface area (Å²) < 4.78 is 13.7. The van der Waals surface area contributed by atoms with E-state index in [1.165, 1.54) is 0 Å². The first-order valence-electron chi connectivity index (χ1n) is 4.36. The van der Waals surface area contributed by atoms with Crippen molar-refractivity contribution in [2.75, 3.05) is 6.54 Å². The van der Waals surface area contributed by atoms with Gasteiger partial charge in [-0.25, -0.2) is 9.18 Å². The SMILES string of the molecule is O=C(O)NC[C@]1(F)CC[C@@H](O)CC1. The second kappa shape index (κ2) is 3.91. The normalized spacial score (nSPS) is 34.2. The van der Waals surface area contributed by atoms with Gasteiger partial charge in [-0.2, -0.15) is 0 Å². The monoisotopic (exact) mass is 191 g/mol. The first-order valence-corrected chi connectivity index (χ1v) is 4.36. The number of aliphatic hydroxyl groups excluding tert-OH is 1. The minimum absolute atomic E-state index is 0.172. The van der Waals surface area contributed by atoms with Crippen molar-refractivity contribution in [1.29, 1.82) is 0 Å². The van der Waals surface area contributed by atoms with Gasteiger partial charge >= 0.3 is 6.09 Å². The predicted octanol–water partition coefficient (Wildman–Crippen LogP) is 0.897. The van der Waals surface area contributed by atoms with Crippen LogP contribution in [0.5, 0.6) is 0 Å². The van der Waals surface area contributed by atoms with Gasteiger partial charge in [-0.1, -0.05) is 0 Å². The Morgan fingerprint density at radius 3 is 2.54 bits per heavy atom. The maximum Gasteiger partial charge on any atom is 0.404 e. The van der Waals surface area contributed by atoms with E-state index in [4.69, 9.17) is 10.2 Å². The predicted molar refractivity (Wildman–Crippen MR) is 44.3 cm³/mol. The summed E-state index contributed by atoms with van der Waals surface area (Å²) in [5.41, 5.74) is -1.46. The molecule has 76 valence electrons. The number of rotatable bonds is 2. The van der Waals surface area contributed by atoms with E-state index >= 15 is 0 Å². The fourth-order valence-corrected chi connectivity index (χ4v) is 1.53. The first-order chi connectivity index (χ1) is 6.02. The van der Waals surface area contributed by atoms with Gasteiger partial charge < -0.3 is 15.5 Å². The summed E-state index contributed by atoms with van der Waals surface area (Å²) in [6.45, 7) is -0.172. The average Bonchev–Trinajstić information content (AvgIpc) is 2.08. The molecule has 0 radical (unpaired) electrons. The lowest BCUT2D eigenvalue weighted by Gasteiger charge is -2.31. The Labute approximate surface area is 75.8 Å². The standard InChI is InChI=1S/C8H14FNO3/c9-8(5-10-7(12)13)3-1-6(11)2-4-8/h6,10-11H,1-5H2,(H,12,13)/t6-,8+. The highest BCUT2D eigenvalue weighted by Gasteiger charge is 2.34. The minimum atomic E-state index is -1.46. The number of alkyl halides is 1. The molecular weight excluding hydrogens is 177 g/mol. The lowest BCUT2D eigenvalue weighted by atomic mass is 9.85. The molecule has 3 N–H and O–H groups in total. The van der Waals surface area contributed by atoms with Crippen molar-refractivity contribution < 1.29 is 19.4 Å². The maximum absolute atomic E-state index is 13.7. The summed E-state index contributed by atoms with van der Waals surface area (Å²) in [5.74, 6) is 0. The highest BCUT2D eigenvalue weighted by molar-refractivity contribution is 5.64. The van der Waals surface area contributed by atoms with Crippen LogP contribution in [0.3, 0.4) is 0 Å². The maximum atomic E-state index is 13.7. The highest BCUT2D eigenvalue weighted by atomic mass is 19.1. The van der Waals surface area contributed by atoms with Crippen molar-refractivity contribution in [2.45, 2.75) is 37.5 Å². The van der Waals surface area contributed by atoms with Gasteiger partial charge in [-0.3, -0.25) is 0 Å². The van der Waals surface area contributed by atoms with E-state index in [9.17, 15) is 9.18 Å². The zero-order valence-corrected chi connectivity index (χ0v) is 7.29. The van der Waals surface area contributed by atoms with E-state index in [1.807, 2.05) is 5.32 Å². The van der Waals surface area contributed by atoms with Crippen LogP contribution in [0.2, 0.25) is 0 Å². The molecule has 4 nitrogen and oxygen atoms in total. The Morgan fingerprint density at radius 2 is 2.08 bits per heavy atom. The van der Waals surface area contributed by atoms with Gasteiger partial charge in [0.2, 0.25) is 0 Å². The van der Waals surface area contributed by atoms with Crippen LogP contribution in [-0.2, 0) is 0 Å². The van der Waals surface area contributed by atoms with Gasteiger partial charge in [0.25, 0.3) is 0 Å². The van der Waals surface area contributed by atoms with Gasteiger partial charge in [0, 0.05) is 0 Å². The number of hydrogen-bond donors (Lipinski definition) is 3. The molecule has 5 heteroatoms. The minimum Gasteiger partial charge on any atom is -0.465 e. The van der Waals surface area contributed by atoms with E-state index in [0.717, 1.165) is 0 Å². The molecule has 0 aromatic carbocycles. The fourth-order valence-electron chi connectivity index (χ4n) is 1.53. The van der Waals surface area contributed by atoms with Crippen molar-refractivity contribution in [3.8, 4) is 0 Å². The average molecular weight is 191 g/mol. The third-order valence-corrected chi connectivity index (χ3v) is 2.41. The molecule has 0 spiro atoms. The molecule has 0 heterocycles. The molecule has 0 bridgehead atoms. The quantitative estimate of drug-likeness (QED) is 0.607. The third kappa shape index (κ3) is 3.18. The third-order valence-electron chi connectivity index (χ3n) is 2.41. The van der Waals surface area contributed by atoms with E-state index in [-0.39, 0.29) is 19.4 Å². The summed E-state index contributed by atoms with van der Waals surface area (Å²) in [6, 6.07) is 0. The number of halogens is 1. The smallest absolute Gasteiger partial charge is 0.404 e. The van der Waals surface area contributed by atoms with Crippen LogP contribution < -0.4 is 5.32 Å². The molecule has 0 unspecified atom stereocenters. The number of carbonyl (C=O) groups is 1. The zero-order chi connectivity index (χ0) is 9.90. The molecular formula is C8H14FNO3. The molecule has 1 aliphatic carbocycles. The number of hydrogen-bond acceptors (Lipinski definition) is 2. The van der Waals surface area contributed by atoms with Crippen molar-refractivity contribution in [1.82, 2.24) is 5.32 Å². The van der Waals surface area contributed by atoms with Crippen LogP contribution in [-0.4, -0.2) is 34.6 Å². The number of nitrogens with one attached hydrogen (secondary N) is 1. The number of carboxylic acid groups (broad SMARTS) is 1. The Hall–Kier alpha value is -0.840. The van der Waals surface area contributed by atoms with Crippen LogP contribution >= 0.6 is 0 Å². The molecule has 0 atom stereocenters. The molecule has 0 saturated heterocycles. The molecule has 0 aromatic rings. The summed E-state index contributed by atoms with van der Waals surface area (Å²) >= 11 is 0. The number of aliphatic hydroxyl groups is 1. The first kappa shape index (κ1) is 10.2. The Morgan fingerprint density at radius 1 is 1.54 bits per heavy atom. The van der Waals surface area contributed by atoms with Gasteiger partial charge in [-0.05, 0) is 25.7 Å². The number of amides is 1. The van der Waals surface area contributed by atoms with Crippen LogP contribution in [0.1, 0.15) is 25.7 Å².